The number of rotatable bonds is 4. The molecule has 1 aliphatic carbocycles. The molecule has 1 N–H and O–H groups in total. The number of nitrogens with zero attached hydrogens (tertiary/aromatic N) is 2. The Labute approximate surface area is 152 Å². The summed E-state index contributed by atoms with van der Waals surface area (Å²) >= 11 is 0. The van der Waals surface area contributed by atoms with Crippen molar-refractivity contribution in [2.24, 2.45) is 0 Å². The van der Waals surface area contributed by atoms with Crippen molar-refractivity contribution in [3.63, 3.8) is 0 Å². The predicted molar refractivity (Wildman–Crippen MR) is 107 cm³/mol. The Balaban J connectivity index is 1.66. The zero-order valence-electron chi connectivity index (χ0n) is 14.4. The van der Waals surface area contributed by atoms with Gasteiger partial charge < -0.3 is 5.32 Å². The molecule has 2 heterocycles. The van der Waals surface area contributed by atoms with Gasteiger partial charge in [-0.3, -0.25) is 9.97 Å². The second-order valence-corrected chi connectivity index (χ2v) is 6.84. The van der Waals surface area contributed by atoms with Gasteiger partial charge in [0.2, 0.25) is 0 Å². The van der Waals surface area contributed by atoms with Crippen molar-refractivity contribution in [1.29, 1.82) is 0 Å². The highest BCUT2D eigenvalue weighted by Gasteiger charge is 2.21. The highest BCUT2D eigenvalue weighted by atomic mass is 15.0. The molecular formula is C23H19N3. The average molecular weight is 337 g/mol. The van der Waals surface area contributed by atoms with E-state index >= 15 is 0 Å². The minimum absolute atomic E-state index is 0.605. The lowest BCUT2D eigenvalue weighted by Crippen LogP contribution is -2.02. The van der Waals surface area contributed by atoms with Crippen molar-refractivity contribution >= 4 is 16.5 Å². The van der Waals surface area contributed by atoms with Crippen LogP contribution in [-0.2, 0) is 0 Å². The summed E-state index contributed by atoms with van der Waals surface area (Å²) in [5, 5.41) is 6.03. The first kappa shape index (κ1) is 15.1. The van der Waals surface area contributed by atoms with Crippen molar-refractivity contribution in [2.75, 3.05) is 5.32 Å². The molecule has 0 amide bonds. The molecule has 0 aliphatic heterocycles. The molecule has 1 aliphatic rings. The monoisotopic (exact) mass is 337 g/mol. The molecule has 26 heavy (non-hydrogen) atoms. The van der Waals surface area contributed by atoms with Crippen LogP contribution in [0.1, 0.15) is 12.8 Å². The van der Waals surface area contributed by atoms with Gasteiger partial charge in [-0.1, -0.05) is 36.4 Å². The lowest BCUT2D eigenvalue weighted by molar-refractivity contribution is 1.14. The second kappa shape index (κ2) is 6.26. The normalized spacial score (nSPS) is 13.7. The van der Waals surface area contributed by atoms with E-state index < -0.39 is 0 Å². The van der Waals surface area contributed by atoms with Gasteiger partial charge in [-0.25, -0.2) is 0 Å². The second-order valence-electron chi connectivity index (χ2n) is 6.84. The van der Waals surface area contributed by atoms with Crippen LogP contribution in [0.25, 0.3) is 33.2 Å². The number of pyridine rings is 2. The summed E-state index contributed by atoms with van der Waals surface area (Å²) in [5.41, 5.74) is 5.49. The van der Waals surface area contributed by atoms with Gasteiger partial charge in [-0.05, 0) is 53.4 Å². The number of hydrogen-bond acceptors (Lipinski definition) is 3. The van der Waals surface area contributed by atoms with Gasteiger partial charge in [-0.15, -0.1) is 0 Å². The Kier molecular flexibility index (Phi) is 3.64. The molecule has 1 fully saturated rings. The minimum atomic E-state index is 0.605. The predicted octanol–water partition coefficient (Wildman–Crippen LogP) is 5.54. The van der Waals surface area contributed by atoms with Crippen LogP contribution in [0.3, 0.4) is 0 Å². The van der Waals surface area contributed by atoms with Crippen molar-refractivity contribution in [3.05, 3.63) is 79.3 Å². The summed E-state index contributed by atoms with van der Waals surface area (Å²) < 4.78 is 0. The van der Waals surface area contributed by atoms with E-state index in [2.05, 4.69) is 58.8 Å². The van der Waals surface area contributed by atoms with Crippen LogP contribution in [0.2, 0.25) is 0 Å². The summed E-state index contributed by atoms with van der Waals surface area (Å²) in [6, 6.07) is 21.9. The van der Waals surface area contributed by atoms with E-state index in [0.29, 0.717) is 6.04 Å². The Bertz CT molecular complexity index is 1070. The molecular weight excluding hydrogens is 318 g/mol. The van der Waals surface area contributed by atoms with Crippen LogP contribution in [-0.4, -0.2) is 16.0 Å². The zero-order valence-corrected chi connectivity index (χ0v) is 14.4. The third-order valence-electron chi connectivity index (χ3n) is 4.85. The van der Waals surface area contributed by atoms with Crippen LogP contribution in [0.15, 0.2) is 79.3 Å². The SMILES string of the molecule is c1ccc2cc(-c3ncc(NC4CC4)cc3-c3ccncc3)ccc2c1. The quantitative estimate of drug-likeness (QED) is 0.531. The smallest absolute Gasteiger partial charge is 0.0782 e. The third-order valence-corrected chi connectivity index (χ3v) is 4.85. The van der Waals surface area contributed by atoms with Gasteiger partial charge in [0, 0.05) is 29.6 Å². The highest BCUT2D eigenvalue weighted by Crippen LogP contribution is 2.34. The number of nitrogens with one attached hydrogen (secondary N) is 1. The summed E-state index contributed by atoms with van der Waals surface area (Å²) in [6.07, 6.45) is 8.11. The zero-order chi connectivity index (χ0) is 17.3. The first-order valence-electron chi connectivity index (χ1n) is 9.03. The van der Waals surface area contributed by atoms with Gasteiger partial charge in [0.05, 0.1) is 17.6 Å². The van der Waals surface area contributed by atoms with Gasteiger partial charge in [-0.2, -0.15) is 0 Å². The molecule has 0 atom stereocenters. The molecule has 3 heteroatoms. The molecule has 1 saturated carbocycles. The average Bonchev–Trinajstić information content (AvgIpc) is 3.52. The number of anilines is 1. The van der Waals surface area contributed by atoms with Crippen molar-refractivity contribution in [1.82, 2.24) is 9.97 Å². The van der Waals surface area contributed by atoms with E-state index in [1.807, 2.05) is 30.7 Å². The van der Waals surface area contributed by atoms with E-state index in [1.54, 1.807) is 0 Å². The third kappa shape index (κ3) is 2.93. The van der Waals surface area contributed by atoms with Crippen LogP contribution in [0.5, 0.6) is 0 Å². The van der Waals surface area contributed by atoms with Crippen molar-refractivity contribution in [2.45, 2.75) is 18.9 Å². The molecule has 2 aromatic heterocycles. The standard InChI is InChI=1S/C23H19N3/c1-2-4-18-13-19(6-5-16(18)3-1)23-22(17-9-11-24-12-10-17)14-21(15-25-23)26-20-7-8-20/h1-6,9-15,20,26H,7-8H2. The summed E-state index contributed by atoms with van der Waals surface area (Å²) in [6.45, 7) is 0. The maximum Gasteiger partial charge on any atom is 0.0782 e. The fraction of sp³-hybridized carbons (Fsp3) is 0.130. The molecule has 0 bridgehead atoms. The largest absolute Gasteiger partial charge is 0.381 e. The van der Waals surface area contributed by atoms with Gasteiger partial charge in [0.25, 0.3) is 0 Å². The van der Waals surface area contributed by atoms with Gasteiger partial charge in [0.1, 0.15) is 0 Å². The summed E-state index contributed by atoms with van der Waals surface area (Å²) in [7, 11) is 0. The van der Waals surface area contributed by atoms with E-state index in [-0.39, 0.29) is 0 Å². The topological polar surface area (TPSA) is 37.8 Å². The lowest BCUT2D eigenvalue weighted by atomic mass is 9.97. The number of aromatic nitrogens is 2. The molecule has 2 aromatic carbocycles. The fourth-order valence-electron chi connectivity index (χ4n) is 3.33. The maximum atomic E-state index is 4.83. The molecule has 0 spiro atoms. The fourth-order valence-corrected chi connectivity index (χ4v) is 3.33. The Hall–Kier alpha value is -3.20. The summed E-state index contributed by atoms with van der Waals surface area (Å²) in [4.78, 5) is 8.99. The van der Waals surface area contributed by atoms with E-state index in [1.165, 1.54) is 23.6 Å². The number of benzene rings is 2. The Morgan fingerprint density at radius 3 is 2.42 bits per heavy atom. The van der Waals surface area contributed by atoms with Crippen LogP contribution in [0.4, 0.5) is 5.69 Å². The maximum absolute atomic E-state index is 4.83. The first-order valence-corrected chi connectivity index (χ1v) is 9.03. The van der Waals surface area contributed by atoms with Crippen molar-refractivity contribution in [3.8, 4) is 22.4 Å². The van der Waals surface area contributed by atoms with Gasteiger partial charge in [0.15, 0.2) is 0 Å². The summed E-state index contributed by atoms with van der Waals surface area (Å²) in [5.74, 6) is 0. The van der Waals surface area contributed by atoms with Gasteiger partial charge >= 0.3 is 0 Å². The Morgan fingerprint density at radius 1 is 0.808 bits per heavy atom. The van der Waals surface area contributed by atoms with E-state index in [9.17, 15) is 0 Å². The van der Waals surface area contributed by atoms with Crippen LogP contribution >= 0.6 is 0 Å². The molecule has 0 radical (unpaired) electrons. The van der Waals surface area contributed by atoms with E-state index in [0.717, 1.165) is 28.1 Å². The Morgan fingerprint density at radius 2 is 1.62 bits per heavy atom. The molecule has 4 aromatic rings. The van der Waals surface area contributed by atoms with Crippen LogP contribution < -0.4 is 5.32 Å². The molecule has 5 rings (SSSR count). The van der Waals surface area contributed by atoms with E-state index in [4.69, 9.17) is 4.98 Å². The molecule has 0 unspecified atom stereocenters. The molecule has 0 saturated heterocycles. The van der Waals surface area contributed by atoms with Crippen molar-refractivity contribution < 1.29 is 0 Å². The number of hydrogen-bond donors (Lipinski definition) is 1. The minimum Gasteiger partial charge on any atom is -0.381 e. The number of fused-ring (bicyclic) bond motifs is 1. The highest BCUT2D eigenvalue weighted by molar-refractivity contribution is 5.90. The lowest BCUT2D eigenvalue weighted by Gasteiger charge is -2.13. The molecule has 3 nitrogen and oxygen atoms in total. The van der Waals surface area contributed by atoms with Crippen LogP contribution in [0, 0.1) is 0 Å². The molecule has 126 valence electrons. The first-order chi connectivity index (χ1) is 12.9.